The Morgan fingerprint density at radius 2 is 1.76 bits per heavy atom. The highest BCUT2D eigenvalue weighted by molar-refractivity contribution is 7.92. The van der Waals surface area contributed by atoms with E-state index >= 15 is 0 Å². The fourth-order valence-electron chi connectivity index (χ4n) is 5.31. The summed E-state index contributed by atoms with van der Waals surface area (Å²) >= 11 is 0. The molecule has 2 heterocycles. The van der Waals surface area contributed by atoms with Crippen LogP contribution in [0.4, 0.5) is 11.4 Å². The number of rotatable bonds is 7. The summed E-state index contributed by atoms with van der Waals surface area (Å²) < 4.78 is 35.4. The summed E-state index contributed by atoms with van der Waals surface area (Å²) in [6, 6.07) is 20.6. The average Bonchev–Trinajstić information content (AvgIpc) is 3.38. The van der Waals surface area contributed by atoms with Crippen LogP contribution in [0.3, 0.4) is 0 Å². The number of carbonyl (C=O) groups is 1. The summed E-state index contributed by atoms with van der Waals surface area (Å²) in [5.74, 6) is 0.550. The molecule has 0 aromatic heterocycles. The van der Waals surface area contributed by atoms with E-state index in [4.69, 9.17) is 4.74 Å². The van der Waals surface area contributed by atoms with Crippen molar-refractivity contribution in [3.63, 3.8) is 0 Å². The van der Waals surface area contributed by atoms with Crippen LogP contribution in [0.2, 0.25) is 0 Å². The summed E-state index contributed by atoms with van der Waals surface area (Å²) in [6.07, 6.45) is 0.670. The van der Waals surface area contributed by atoms with Crippen molar-refractivity contribution in [2.75, 3.05) is 16.6 Å². The van der Waals surface area contributed by atoms with Crippen molar-refractivity contribution in [1.82, 2.24) is 0 Å². The van der Waals surface area contributed by atoms with E-state index < -0.39 is 10.0 Å². The van der Waals surface area contributed by atoms with Crippen LogP contribution in [0, 0.1) is 11.8 Å². The van der Waals surface area contributed by atoms with Gasteiger partial charge in [-0.2, -0.15) is 0 Å². The lowest BCUT2D eigenvalue weighted by atomic mass is 9.81. The monoisotopic (exact) mass is 518 g/mol. The number of hydrogen-bond acceptors (Lipinski definition) is 5. The molecule has 2 aliphatic heterocycles. The van der Waals surface area contributed by atoms with Gasteiger partial charge in [0.05, 0.1) is 17.0 Å². The molecule has 1 saturated heterocycles. The zero-order chi connectivity index (χ0) is 26.3. The first kappa shape index (κ1) is 25.5. The number of Topliss-reactive ketones (excluding diaryl/α,β-unsaturated/α-hetero) is 1. The molecule has 0 saturated carbocycles. The van der Waals surface area contributed by atoms with Crippen LogP contribution >= 0.6 is 0 Å². The number of benzene rings is 3. The number of fused-ring (bicyclic) bond motifs is 3. The molecule has 2 aliphatic rings. The Hall–Kier alpha value is -3.16. The van der Waals surface area contributed by atoms with Crippen molar-refractivity contribution in [3.05, 3.63) is 89.0 Å². The minimum atomic E-state index is -3.77. The van der Waals surface area contributed by atoms with Crippen molar-refractivity contribution in [3.8, 4) is 0 Å². The molecule has 5 rings (SSSR count). The van der Waals surface area contributed by atoms with Crippen LogP contribution in [0.5, 0.6) is 0 Å². The predicted octanol–water partition coefficient (Wildman–Crippen LogP) is 6.69. The lowest BCUT2D eigenvalue weighted by Gasteiger charge is -2.36. The van der Waals surface area contributed by atoms with Crippen LogP contribution in [0.1, 0.15) is 79.2 Å². The number of ether oxygens (including phenoxy) is 1. The fourth-order valence-corrected chi connectivity index (χ4v) is 6.40. The Morgan fingerprint density at radius 1 is 1.00 bits per heavy atom. The lowest BCUT2D eigenvalue weighted by molar-refractivity contribution is 0.0827. The van der Waals surface area contributed by atoms with E-state index in [-0.39, 0.29) is 34.7 Å². The largest absolute Gasteiger partial charge is 0.378 e. The first-order chi connectivity index (χ1) is 17.6. The Kier molecular flexibility index (Phi) is 6.86. The molecule has 0 amide bonds. The number of carbonyl (C=O) groups excluding carboxylic acids is 1. The highest BCUT2D eigenvalue weighted by Crippen LogP contribution is 2.50. The summed E-state index contributed by atoms with van der Waals surface area (Å²) in [7, 11) is -3.77. The molecule has 2 N–H and O–H groups in total. The van der Waals surface area contributed by atoms with Gasteiger partial charge in [0.1, 0.15) is 0 Å². The van der Waals surface area contributed by atoms with Crippen molar-refractivity contribution in [2.45, 2.75) is 57.1 Å². The van der Waals surface area contributed by atoms with Gasteiger partial charge in [-0.3, -0.25) is 9.52 Å². The van der Waals surface area contributed by atoms with E-state index in [1.165, 1.54) is 0 Å². The van der Waals surface area contributed by atoms with E-state index in [0.717, 1.165) is 34.4 Å². The Bertz CT molecular complexity index is 1410. The average molecular weight is 519 g/mol. The Morgan fingerprint density at radius 3 is 2.46 bits per heavy atom. The van der Waals surface area contributed by atoms with Gasteiger partial charge in [0.15, 0.2) is 5.78 Å². The number of sulfonamides is 1. The third-order valence-electron chi connectivity index (χ3n) is 7.40. The molecule has 3 aromatic rings. The molecule has 194 valence electrons. The molecule has 0 radical (unpaired) electrons. The van der Waals surface area contributed by atoms with Gasteiger partial charge < -0.3 is 10.1 Å². The summed E-state index contributed by atoms with van der Waals surface area (Å²) in [4.78, 5) is 12.6. The van der Waals surface area contributed by atoms with E-state index in [1.54, 1.807) is 18.2 Å². The molecule has 0 spiro atoms. The molecule has 1 unspecified atom stereocenters. The van der Waals surface area contributed by atoms with Crippen LogP contribution in [-0.4, -0.2) is 20.8 Å². The second-order valence-corrected chi connectivity index (χ2v) is 12.3. The summed E-state index contributed by atoms with van der Waals surface area (Å²) in [6.45, 7) is 8.59. The van der Waals surface area contributed by atoms with Crippen molar-refractivity contribution >= 4 is 27.2 Å². The number of anilines is 2. The molecule has 7 heteroatoms. The van der Waals surface area contributed by atoms with Gasteiger partial charge in [0.2, 0.25) is 0 Å². The highest BCUT2D eigenvalue weighted by atomic mass is 32.2. The third kappa shape index (κ3) is 5.03. The first-order valence-electron chi connectivity index (χ1n) is 12.9. The second-order valence-electron chi connectivity index (χ2n) is 10.6. The van der Waals surface area contributed by atoms with Gasteiger partial charge in [0, 0.05) is 40.9 Å². The molecule has 6 nitrogen and oxygen atoms in total. The Labute approximate surface area is 219 Å². The molecule has 3 aromatic carbocycles. The van der Waals surface area contributed by atoms with Gasteiger partial charge in [-0.15, -0.1) is 0 Å². The second kappa shape index (κ2) is 9.95. The first-order valence-corrected chi connectivity index (χ1v) is 14.4. The number of nitrogens with one attached hydrogen (secondary N) is 2. The highest BCUT2D eigenvalue weighted by Gasteiger charge is 2.42. The smallest absolute Gasteiger partial charge is 0.261 e. The standard InChI is InChI=1S/C30H34N2O4S/c1-18(2)22-6-5-7-23(16-22)32-37(34,35)24-12-13-27-26(17-24)30-25(14-15-36-30)28(31-27)20-8-10-21(11-9-20)29(33)19(3)4/h5-13,16-19,25,28,30-32H,14-15H2,1-4H3/t25-,28?,30-/m0/s1. The number of ketones is 1. The molecule has 0 aliphatic carbocycles. The van der Waals surface area contributed by atoms with Crippen molar-refractivity contribution in [1.29, 1.82) is 0 Å². The van der Waals surface area contributed by atoms with Crippen LogP contribution in [-0.2, 0) is 14.8 Å². The predicted molar refractivity (Wildman–Crippen MR) is 147 cm³/mol. The van der Waals surface area contributed by atoms with Gasteiger partial charge in [-0.1, -0.05) is 64.1 Å². The fraction of sp³-hybridized carbons (Fsp3) is 0.367. The van der Waals surface area contributed by atoms with Gasteiger partial charge in [-0.25, -0.2) is 8.42 Å². The van der Waals surface area contributed by atoms with Gasteiger partial charge in [-0.05, 0) is 53.8 Å². The van der Waals surface area contributed by atoms with Crippen LogP contribution in [0.15, 0.2) is 71.6 Å². The molecular weight excluding hydrogens is 484 g/mol. The topological polar surface area (TPSA) is 84.5 Å². The molecule has 3 atom stereocenters. The molecular formula is C30H34N2O4S. The third-order valence-corrected chi connectivity index (χ3v) is 8.78. The number of hydrogen-bond donors (Lipinski definition) is 2. The van der Waals surface area contributed by atoms with Crippen molar-refractivity contribution in [2.24, 2.45) is 11.8 Å². The zero-order valence-electron chi connectivity index (χ0n) is 21.7. The maximum Gasteiger partial charge on any atom is 0.261 e. The van der Waals surface area contributed by atoms with E-state index in [0.29, 0.717) is 18.2 Å². The molecule has 37 heavy (non-hydrogen) atoms. The van der Waals surface area contributed by atoms with Gasteiger partial charge >= 0.3 is 0 Å². The maximum atomic E-state index is 13.3. The minimum Gasteiger partial charge on any atom is -0.378 e. The normalized spacial score (nSPS) is 20.9. The van der Waals surface area contributed by atoms with Crippen LogP contribution in [0.25, 0.3) is 0 Å². The summed E-state index contributed by atoms with van der Waals surface area (Å²) in [5, 5.41) is 3.62. The van der Waals surface area contributed by atoms with Gasteiger partial charge in [0.25, 0.3) is 10.0 Å². The molecule has 1 fully saturated rings. The quantitative estimate of drug-likeness (QED) is 0.340. The van der Waals surface area contributed by atoms with Crippen LogP contribution < -0.4 is 10.0 Å². The minimum absolute atomic E-state index is 0.0163. The van der Waals surface area contributed by atoms with E-state index in [9.17, 15) is 13.2 Å². The maximum absolute atomic E-state index is 13.3. The lowest BCUT2D eigenvalue weighted by Crippen LogP contribution is -2.29. The zero-order valence-corrected chi connectivity index (χ0v) is 22.5. The van der Waals surface area contributed by atoms with Crippen molar-refractivity contribution < 1.29 is 17.9 Å². The Balaban J connectivity index is 1.42. The van der Waals surface area contributed by atoms with E-state index in [2.05, 4.69) is 23.9 Å². The SMILES string of the molecule is CC(C)C(=O)c1ccc(C2Nc3ccc(S(=O)(=O)Nc4cccc(C(C)C)c4)cc3[C@H]3OCC[C@@H]23)cc1. The molecule has 0 bridgehead atoms. The summed E-state index contributed by atoms with van der Waals surface area (Å²) in [5.41, 5.74) is 5.17. The van der Waals surface area contributed by atoms with E-state index in [1.807, 2.05) is 62.4 Å².